The van der Waals surface area contributed by atoms with Gasteiger partial charge in [0.05, 0.1) is 8.66 Å². The van der Waals surface area contributed by atoms with Crippen molar-refractivity contribution in [2.24, 2.45) is 5.92 Å². The van der Waals surface area contributed by atoms with Gasteiger partial charge in [-0.15, -0.1) is 11.3 Å². The standard InChI is InChI=1S/C15H21BrN2O2S/c1-3-17(4-2)14(19)11-7-9-18(10-8-11)15(20)12-5-6-13(16)21-12/h5-6,11H,3-4,7-10H2,1-2H3. The van der Waals surface area contributed by atoms with Gasteiger partial charge in [-0.25, -0.2) is 0 Å². The number of carbonyl (C=O) groups is 2. The van der Waals surface area contributed by atoms with E-state index in [-0.39, 0.29) is 17.7 Å². The summed E-state index contributed by atoms with van der Waals surface area (Å²) in [6, 6.07) is 3.75. The number of carbonyl (C=O) groups excluding carboxylic acids is 2. The number of amides is 2. The smallest absolute Gasteiger partial charge is 0.263 e. The Morgan fingerprint density at radius 1 is 1.29 bits per heavy atom. The van der Waals surface area contributed by atoms with Gasteiger partial charge in [0, 0.05) is 32.1 Å². The minimum atomic E-state index is 0.0732. The number of piperidine rings is 1. The molecule has 1 aliphatic rings. The minimum Gasteiger partial charge on any atom is -0.343 e. The molecule has 0 spiro atoms. The highest BCUT2D eigenvalue weighted by atomic mass is 79.9. The van der Waals surface area contributed by atoms with Crippen molar-refractivity contribution in [1.82, 2.24) is 9.80 Å². The molecule has 1 aliphatic heterocycles. The van der Waals surface area contributed by atoms with Crippen molar-refractivity contribution >= 4 is 39.1 Å². The number of hydrogen-bond acceptors (Lipinski definition) is 3. The molecule has 1 aromatic rings. The van der Waals surface area contributed by atoms with Crippen LogP contribution in [-0.4, -0.2) is 47.8 Å². The van der Waals surface area contributed by atoms with Crippen LogP contribution in [0.15, 0.2) is 15.9 Å². The van der Waals surface area contributed by atoms with E-state index >= 15 is 0 Å². The van der Waals surface area contributed by atoms with E-state index < -0.39 is 0 Å². The molecule has 0 aliphatic carbocycles. The van der Waals surface area contributed by atoms with Crippen LogP contribution in [0, 0.1) is 5.92 Å². The van der Waals surface area contributed by atoms with Crippen molar-refractivity contribution in [2.75, 3.05) is 26.2 Å². The van der Waals surface area contributed by atoms with Crippen molar-refractivity contribution in [3.05, 3.63) is 20.8 Å². The second-order valence-electron chi connectivity index (χ2n) is 5.18. The topological polar surface area (TPSA) is 40.6 Å². The number of likely N-dealkylation sites (tertiary alicyclic amines) is 1. The molecule has 2 amide bonds. The summed E-state index contributed by atoms with van der Waals surface area (Å²) in [4.78, 5) is 29.2. The van der Waals surface area contributed by atoms with Gasteiger partial charge in [0.1, 0.15) is 0 Å². The molecule has 4 nitrogen and oxygen atoms in total. The summed E-state index contributed by atoms with van der Waals surface area (Å²) >= 11 is 4.84. The first-order valence-electron chi connectivity index (χ1n) is 7.40. The molecule has 0 bridgehead atoms. The van der Waals surface area contributed by atoms with E-state index in [1.54, 1.807) is 0 Å². The van der Waals surface area contributed by atoms with E-state index in [4.69, 9.17) is 0 Å². The molecule has 1 aromatic heterocycles. The summed E-state index contributed by atoms with van der Waals surface area (Å²) in [5.74, 6) is 0.398. The van der Waals surface area contributed by atoms with Crippen LogP contribution in [0.2, 0.25) is 0 Å². The Morgan fingerprint density at radius 2 is 1.90 bits per heavy atom. The van der Waals surface area contributed by atoms with E-state index in [1.807, 2.05) is 35.8 Å². The maximum Gasteiger partial charge on any atom is 0.263 e. The summed E-state index contributed by atoms with van der Waals surface area (Å²) < 4.78 is 0.970. The highest BCUT2D eigenvalue weighted by molar-refractivity contribution is 9.11. The molecule has 0 radical (unpaired) electrons. The van der Waals surface area contributed by atoms with Crippen LogP contribution in [0.4, 0.5) is 0 Å². The van der Waals surface area contributed by atoms with Crippen molar-refractivity contribution in [3.63, 3.8) is 0 Å². The van der Waals surface area contributed by atoms with Crippen molar-refractivity contribution in [2.45, 2.75) is 26.7 Å². The molecule has 2 rings (SSSR count). The number of hydrogen-bond donors (Lipinski definition) is 0. The quantitative estimate of drug-likeness (QED) is 0.813. The summed E-state index contributed by atoms with van der Waals surface area (Å²) in [5.41, 5.74) is 0. The SMILES string of the molecule is CCN(CC)C(=O)C1CCN(C(=O)c2ccc(Br)s2)CC1. The fourth-order valence-corrected chi connectivity index (χ4v) is 4.06. The van der Waals surface area contributed by atoms with Gasteiger partial charge in [-0.1, -0.05) is 0 Å². The molecule has 0 saturated carbocycles. The molecule has 1 saturated heterocycles. The molecule has 0 atom stereocenters. The van der Waals surface area contributed by atoms with Crippen molar-refractivity contribution in [1.29, 1.82) is 0 Å². The summed E-state index contributed by atoms with van der Waals surface area (Å²) in [5, 5.41) is 0. The zero-order valence-electron chi connectivity index (χ0n) is 12.5. The third-order valence-electron chi connectivity index (χ3n) is 3.99. The van der Waals surface area contributed by atoms with Crippen LogP contribution < -0.4 is 0 Å². The van der Waals surface area contributed by atoms with Gasteiger partial charge in [0.25, 0.3) is 5.91 Å². The second-order valence-corrected chi connectivity index (χ2v) is 7.64. The Kier molecular flexibility index (Phi) is 5.81. The average Bonchev–Trinajstić information content (AvgIpc) is 2.94. The van der Waals surface area contributed by atoms with Crippen LogP contribution in [-0.2, 0) is 4.79 Å². The number of halogens is 1. The monoisotopic (exact) mass is 372 g/mol. The van der Waals surface area contributed by atoms with Gasteiger partial charge < -0.3 is 9.80 Å². The van der Waals surface area contributed by atoms with Gasteiger partial charge in [0.15, 0.2) is 0 Å². The molecule has 2 heterocycles. The molecule has 0 aromatic carbocycles. The van der Waals surface area contributed by atoms with Crippen LogP contribution in [0.25, 0.3) is 0 Å². The van der Waals surface area contributed by atoms with Crippen molar-refractivity contribution < 1.29 is 9.59 Å². The number of rotatable bonds is 4. The minimum absolute atomic E-state index is 0.0732. The van der Waals surface area contributed by atoms with Gasteiger partial charge in [-0.05, 0) is 54.8 Å². The van der Waals surface area contributed by atoms with Gasteiger partial charge in [0.2, 0.25) is 5.91 Å². The van der Waals surface area contributed by atoms with Gasteiger partial charge >= 0.3 is 0 Å². The third-order valence-corrected chi connectivity index (χ3v) is 5.60. The lowest BCUT2D eigenvalue weighted by Crippen LogP contribution is -2.44. The zero-order valence-corrected chi connectivity index (χ0v) is 14.9. The Labute approximate surface area is 138 Å². The fraction of sp³-hybridized carbons (Fsp3) is 0.600. The van der Waals surface area contributed by atoms with Crippen LogP contribution in [0.5, 0.6) is 0 Å². The highest BCUT2D eigenvalue weighted by Gasteiger charge is 2.30. The van der Waals surface area contributed by atoms with E-state index in [1.165, 1.54) is 11.3 Å². The van der Waals surface area contributed by atoms with Crippen LogP contribution in [0.3, 0.4) is 0 Å². The molecule has 21 heavy (non-hydrogen) atoms. The lowest BCUT2D eigenvalue weighted by molar-refractivity contribution is -0.136. The fourth-order valence-electron chi connectivity index (χ4n) is 2.71. The first kappa shape index (κ1) is 16.5. The van der Waals surface area contributed by atoms with Crippen molar-refractivity contribution in [3.8, 4) is 0 Å². The predicted octanol–water partition coefficient (Wildman–Crippen LogP) is 3.23. The third kappa shape index (κ3) is 3.86. The maximum atomic E-state index is 12.4. The molecular weight excluding hydrogens is 352 g/mol. The molecule has 1 fully saturated rings. The van der Waals surface area contributed by atoms with E-state index in [9.17, 15) is 9.59 Å². The lowest BCUT2D eigenvalue weighted by atomic mass is 9.95. The Balaban J connectivity index is 1.91. The Bertz CT molecular complexity index is 506. The molecule has 0 unspecified atom stereocenters. The first-order valence-corrected chi connectivity index (χ1v) is 9.01. The van der Waals surface area contributed by atoms with Gasteiger partial charge in [-0.2, -0.15) is 0 Å². The zero-order chi connectivity index (χ0) is 15.4. The van der Waals surface area contributed by atoms with E-state index in [0.717, 1.165) is 34.6 Å². The largest absolute Gasteiger partial charge is 0.343 e. The summed E-state index contributed by atoms with van der Waals surface area (Å²) in [7, 11) is 0. The summed E-state index contributed by atoms with van der Waals surface area (Å²) in [6.45, 7) is 6.89. The predicted molar refractivity (Wildman–Crippen MR) is 88.6 cm³/mol. The molecular formula is C15H21BrN2O2S. The van der Waals surface area contributed by atoms with Gasteiger partial charge in [-0.3, -0.25) is 9.59 Å². The van der Waals surface area contributed by atoms with Crippen LogP contribution >= 0.6 is 27.3 Å². The molecule has 6 heteroatoms. The molecule has 0 N–H and O–H groups in total. The number of thiophene rings is 1. The summed E-state index contributed by atoms with van der Waals surface area (Å²) in [6.07, 6.45) is 1.54. The second kappa shape index (κ2) is 7.40. The molecule has 116 valence electrons. The Hall–Kier alpha value is -0.880. The lowest BCUT2D eigenvalue weighted by Gasteiger charge is -2.33. The highest BCUT2D eigenvalue weighted by Crippen LogP contribution is 2.26. The van der Waals surface area contributed by atoms with E-state index in [0.29, 0.717) is 13.1 Å². The maximum absolute atomic E-state index is 12.4. The van der Waals surface area contributed by atoms with Crippen LogP contribution in [0.1, 0.15) is 36.4 Å². The van der Waals surface area contributed by atoms with E-state index in [2.05, 4.69) is 15.9 Å². The number of nitrogens with zero attached hydrogens (tertiary/aromatic N) is 2. The normalized spacial score (nSPS) is 16.0. The Morgan fingerprint density at radius 3 is 2.38 bits per heavy atom. The average molecular weight is 373 g/mol. The first-order chi connectivity index (χ1) is 10.1.